The van der Waals surface area contributed by atoms with Gasteiger partial charge < -0.3 is 14.7 Å². The number of alkyl halides is 3. The summed E-state index contributed by atoms with van der Waals surface area (Å²) in [5, 5.41) is 13.1. The summed E-state index contributed by atoms with van der Waals surface area (Å²) in [7, 11) is 0. The highest BCUT2D eigenvalue weighted by atomic mass is 35.5. The molecular formula is C27H31Cl2F3N4O5. The van der Waals surface area contributed by atoms with Crippen LogP contribution in [0.4, 0.5) is 13.2 Å². The molecule has 2 fully saturated rings. The number of aliphatic carboxylic acids is 1. The Morgan fingerprint density at radius 1 is 1.05 bits per heavy atom. The first-order valence-corrected chi connectivity index (χ1v) is 14.0. The van der Waals surface area contributed by atoms with Crippen LogP contribution in [-0.2, 0) is 15.7 Å². The predicted molar refractivity (Wildman–Crippen MR) is 143 cm³/mol. The molecule has 14 heteroatoms. The monoisotopic (exact) mass is 618 g/mol. The van der Waals surface area contributed by atoms with Gasteiger partial charge in [0.05, 0.1) is 57.6 Å². The second-order valence-corrected chi connectivity index (χ2v) is 12.3. The van der Waals surface area contributed by atoms with Gasteiger partial charge in [-0.05, 0) is 59.3 Å². The number of carbonyl (C=O) groups is 3. The molecule has 2 aliphatic rings. The lowest BCUT2D eigenvalue weighted by Crippen LogP contribution is -2.53. The first kappa shape index (κ1) is 31.2. The predicted octanol–water partition coefficient (Wildman–Crippen LogP) is 6.09. The van der Waals surface area contributed by atoms with Gasteiger partial charge in [0.1, 0.15) is 0 Å². The Hall–Kier alpha value is -2.70. The molecule has 0 atom stereocenters. The van der Waals surface area contributed by atoms with Gasteiger partial charge in [-0.15, -0.1) is 0 Å². The van der Waals surface area contributed by atoms with Crippen molar-refractivity contribution in [2.24, 2.45) is 5.92 Å². The molecule has 0 unspecified atom stereocenters. The Morgan fingerprint density at radius 3 is 2.15 bits per heavy atom. The van der Waals surface area contributed by atoms with Gasteiger partial charge in [0.15, 0.2) is 11.5 Å². The summed E-state index contributed by atoms with van der Waals surface area (Å²) in [6, 6.07) is -1.30. The molecule has 1 N–H and O–H groups in total. The molecule has 0 aliphatic heterocycles. The zero-order valence-electron chi connectivity index (χ0n) is 22.8. The van der Waals surface area contributed by atoms with Crippen molar-refractivity contribution >= 4 is 40.9 Å². The van der Waals surface area contributed by atoms with Gasteiger partial charge in [-0.1, -0.05) is 23.2 Å². The van der Waals surface area contributed by atoms with E-state index in [0.29, 0.717) is 12.8 Å². The minimum atomic E-state index is -4.93. The van der Waals surface area contributed by atoms with E-state index in [4.69, 9.17) is 27.9 Å². The first-order chi connectivity index (χ1) is 19.1. The van der Waals surface area contributed by atoms with E-state index >= 15 is 0 Å². The van der Waals surface area contributed by atoms with Crippen molar-refractivity contribution < 1.29 is 37.4 Å². The largest absolute Gasteiger partial charge is 0.481 e. The van der Waals surface area contributed by atoms with Crippen molar-refractivity contribution in [3.05, 3.63) is 45.5 Å². The third kappa shape index (κ3) is 7.03. The molecule has 0 bridgehead atoms. The average molecular weight is 619 g/mol. The van der Waals surface area contributed by atoms with E-state index < -0.39 is 65.2 Å². The fourth-order valence-electron chi connectivity index (χ4n) is 5.47. The van der Waals surface area contributed by atoms with Crippen molar-refractivity contribution in [3.63, 3.8) is 0 Å². The molecule has 0 aromatic carbocycles. The van der Waals surface area contributed by atoms with Gasteiger partial charge in [0.25, 0.3) is 5.91 Å². The standard InChI is InChI=1S/C27H31Cl2F3N4O5/c1-26(2,3)41-17-8-16(9-17)35(13-21(37)22-19(28)11-33-12-20(22)29)24(38)18-10-34-36(23(18)27(30,31)32)15-6-4-14(5-7-15)25(39)40/h10-12,14-17H,4-9,13H2,1-3H3,(H,39,40)/t14-,15-,16-,17-. The van der Waals surface area contributed by atoms with Crippen molar-refractivity contribution in [2.45, 2.75) is 89.3 Å². The summed E-state index contributed by atoms with van der Waals surface area (Å²) >= 11 is 12.3. The molecule has 0 radical (unpaired) electrons. The molecule has 2 aromatic heterocycles. The third-order valence-electron chi connectivity index (χ3n) is 7.42. The Kier molecular flexibility index (Phi) is 9.06. The lowest BCUT2D eigenvalue weighted by molar-refractivity contribution is -0.147. The lowest BCUT2D eigenvalue weighted by atomic mass is 9.86. The maximum absolute atomic E-state index is 14.4. The Bertz CT molecular complexity index is 1290. The average Bonchev–Trinajstić information content (AvgIpc) is 3.30. The number of hydrogen-bond acceptors (Lipinski definition) is 6. The van der Waals surface area contributed by atoms with Crippen LogP contribution in [0.2, 0.25) is 10.0 Å². The SMILES string of the molecule is CC(C)(C)O[C@H]1C[C@H](N(CC(=O)c2c(Cl)cncc2Cl)C(=O)c2cnn([C@H]3CC[C@H](C(=O)O)CC3)c2C(F)(F)F)C1. The Balaban J connectivity index is 1.66. The van der Waals surface area contributed by atoms with Gasteiger partial charge in [0.2, 0.25) is 0 Å². The van der Waals surface area contributed by atoms with Gasteiger partial charge >= 0.3 is 12.1 Å². The van der Waals surface area contributed by atoms with Gasteiger partial charge in [-0.25, -0.2) is 0 Å². The molecule has 41 heavy (non-hydrogen) atoms. The van der Waals surface area contributed by atoms with Gasteiger partial charge in [-0.2, -0.15) is 18.3 Å². The zero-order valence-corrected chi connectivity index (χ0v) is 24.3. The number of aromatic nitrogens is 3. The molecule has 4 rings (SSSR count). The number of carbonyl (C=O) groups excluding carboxylic acids is 2. The summed E-state index contributed by atoms with van der Waals surface area (Å²) in [4.78, 5) is 43.4. The van der Waals surface area contributed by atoms with Crippen LogP contribution in [0.3, 0.4) is 0 Å². The topological polar surface area (TPSA) is 115 Å². The fourth-order valence-corrected chi connectivity index (χ4v) is 6.04. The van der Waals surface area contributed by atoms with Crippen LogP contribution in [-0.4, -0.2) is 66.7 Å². The molecule has 224 valence electrons. The summed E-state index contributed by atoms with van der Waals surface area (Å²) in [6.07, 6.45) is -0.481. The molecule has 0 saturated heterocycles. The third-order valence-corrected chi connectivity index (χ3v) is 8.00. The van der Waals surface area contributed by atoms with Crippen molar-refractivity contribution in [1.29, 1.82) is 0 Å². The van der Waals surface area contributed by atoms with Crippen molar-refractivity contribution in [1.82, 2.24) is 19.7 Å². The summed E-state index contributed by atoms with van der Waals surface area (Å²) in [5.74, 6) is -3.27. The van der Waals surface area contributed by atoms with Crippen LogP contribution >= 0.6 is 23.2 Å². The quantitative estimate of drug-likeness (QED) is 0.356. The van der Waals surface area contributed by atoms with Crippen LogP contribution in [0.5, 0.6) is 0 Å². The van der Waals surface area contributed by atoms with E-state index in [1.54, 1.807) is 0 Å². The Labute approximate surface area is 244 Å². The zero-order chi connectivity index (χ0) is 30.3. The smallest absolute Gasteiger partial charge is 0.433 e. The van der Waals surface area contributed by atoms with Crippen LogP contribution in [0, 0.1) is 5.92 Å². The maximum Gasteiger partial charge on any atom is 0.433 e. The highest BCUT2D eigenvalue weighted by Crippen LogP contribution is 2.40. The van der Waals surface area contributed by atoms with E-state index in [2.05, 4.69) is 10.1 Å². The minimum absolute atomic E-state index is 0.0433. The number of ketones is 1. The number of ether oxygens (including phenoxy) is 1. The van der Waals surface area contributed by atoms with E-state index in [1.807, 2.05) is 20.8 Å². The minimum Gasteiger partial charge on any atom is -0.481 e. The number of carboxylic acids is 1. The second kappa shape index (κ2) is 11.9. The molecule has 9 nitrogen and oxygen atoms in total. The number of Topliss-reactive ketones (excluding diaryl/α,β-unsaturated/α-hetero) is 1. The summed E-state index contributed by atoms with van der Waals surface area (Å²) < 4.78 is 50.1. The molecule has 0 spiro atoms. The number of amides is 1. The van der Waals surface area contributed by atoms with Crippen LogP contribution in [0.15, 0.2) is 18.6 Å². The molecule has 2 aliphatic carbocycles. The molecule has 2 aromatic rings. The number of nitrogens with zero attached hydrogens (tertiary/aromatic N) is 4. The van der Waals surface area contributed by atoms with E-state index in [-0.39, 0.29) is 47.4 Å². The maximum atomic E-state index is 14.4. The second-order valence-electron chi connectivity index (χ2n) is 11.5. The highest BCUT2D eigenvalue weighted by Gasteiger charge is 2.46. The molecule has 1 amide bonds. The van der Waals surface area contributed by atoms with E-state index in [1.165, 1.54) is 12.4 Å². The van der Waals surface area contributed by atoms with Crippen molar-refractivity contribution in [3.8, 4) is 0 Å². The van der Waals surface area contributed by atoms with Crippen LogP contribution in [0.25, 0.3) is 0 Å². The molecule has 2 heterocycles. The molecular weight excluding hydrogens is 588 g/mol. The van der Waals surface area contributed by atoms with Gasteiger partial charge in [0, 0.05) is 18.4 Å². The fraction of sp³-hybridized carbons (Fsp3) is 0.593. The van der Waals surface area contributed by atoms with Crippen LogP contribution in [0.1, 0.15) is 91.7 Å². The lowest BCUT2D eigenvalue weighted by Gasteiger charge is -2.44. The summed E-state index contributed by atoms with van der Waals surface area (Å²) in [6.45, 7) is 5.04. The highest BCUT2D eigenvalue weighted by molar-refractivity contribution is 6.39. The van der Waals surface area contributed by atoms with Crippen LogP contribution < -0.4 is 0 Å². The van der Waals surface area contributed by atoms with Gasteiger partial charge in [-0.3, -0.25) is 24.0 Å². The van der Waals surface area contributed by atoms with E-state index in [0.717, 1.165) is 15.8 Å². The normalized spacial score (nSPS) is 23.1. The first-order valence-electron chi connectivity index (χ1n) is 13.2. The van der Waals surface area contributed by atoms with Crippen molar-refractivity contribution in [2.75, 3.05) is 6.54 Å². The number of rotatable bonds is 8. The number of carboxylic acid groups (broad SMARTS) is 1. The van der Waals surface area contributed by atoms with E-state index in [9.17, 15) is 32.7 Å². The number of hydrogen-bond donors (Lipinski definition) is 1. The number of pyridine rings is 1. The Morgan fingerprint density at radius 2 is 1.63 bits per heavy atom. The number of halogens is 5. The summed E-state index contributed by atoms with van der Waals surface area (Å²) in [5.41, 5.74) is -2.45. The molecule has 2 saturated carbocycles.